The highest BCUT2D eigenvalue weighted by Gasteiger charge is 2.17. The van der Waals surface area contributed by atoms with E-state index in [0.717, 1.165) is 11.3 Å². The van der Waals surface area contributed by atoms with Crippen molar-refractivity contribution < 1.29 is 0 Å². The lowest BCUT2D eigenvalue weighted by molar-refractivity contribution is 1.33. The Morgan fingerprint density at radius 3 is 1.68 bits per heavy atom. The van der Waals surface area contributed by atoms with Gasteiger partial charge in [0.1, 0.15) is 0 Å². The van der Waals surface area contributed by atoms with Gasteiger partial charge in [-0.2, -0.15) is 0 Å². The maximum Gasteiger partial charge on any atom is 0.0702 e. The van der Waals surface area contributed by atoms with Crippen molar-refractivity contribution in [3.63, 3.8) is 0 Å². The highest BCUT2D eigenvalue weighted by molar-refractivity contribution is 6.21. The van der Waals surface area contributed by atoms with Gasteiger partial charge >= 0.3 is 0 Å². The molecular weight excluding hydrogens is 446 g/mol. The van der Waals surface area contributed by atoms with Crippen LogP contribution in [0, 0.1) is 6.92 Å². The zero-order valence-corrected chi connectivity index (χ0v) is 20.6. The van der Waals surface area contributed by atoms with Crippen LogP contribution in [0.1, 0.15) is 5.56 Å². The first-order chi connectivity index (χ1) is 18.3. The SMILES string of the molecule is Cc1ccc2ccc(-c3c4ccccc4c(-c4cccc(-c5ccccn5)c4)c4ccccc34)cc2c1. The third kappa shape index (κ3) is 3.68. The number of aryl methyl sites for hydroxylation is 1. The van der Waals surface area contributed by atoms with E-state index >= 15 is 0 Å². The van der Waals surface area contributed by atoms with Gasteiger partial charge in [0.2, 0.25) is 0 Å². The van der Waals surface area contributed by atoms with Gasteiger partial charge in [0.05, 0.1) is 5.69 Å². The first-order valence-electron chi connectivity index (χ1n) is 12.7. The van der Waals surface area contributed by atoms with Crippen LogP contribution in [0.4, 0.5) is 0 Å². The summed E-state index contributed by atoms with van der Waals surface area (Å²) in [5, 5.41) is 7.61. The van der Waals surface area contributed by atoms with Crippen LogP contribution in [-0.4, -0.2) is 4.98 Å². The summed E-state index contributed by atoms with van der Waals surface area (Å²) >= 11 is 0. The molecule has 0 amide bonds. The van der Waals surface area contributed by atoms with Gasteiger partial charge in [0.15, 0.2) is 0 Å². The van der Waals surface area contributed by atoms with E-state index in [1.807, 2.05) is 18.3 Å². The number of pyridine rings is 1. The normalized spacial score (nSPS) is 11.4. The number of hydrogen-bond acceptors (Lipinski definition) is 1. The van der Waals surface area contributed by atoms with Gasteiger partial charge in [0.25, 0.3) is 0 Å². The monoisotopic (exact) mass is 471 g/mol. The molecule has 0 atom stereocenters. The fourth-order valence-corrected chi connectivity index (χ4v) is 5.64. The number of benzene rings is 6. The fraction of sp³-hybridized carbons (Fsp3) is 0.0278. The van der Waals surface area contributed by atoms with E-state index in [2.05, 4.69) is 127 Å². The molecule has 37 heavy (non-hydrogen) atoms. The van der Waals surface area contributed by atoms with Gasteiger partial charge in [-0.3, -0.25) is 4.98 Å². The summed E-state index contributed by atoms with van der Waals surface area (Å²) in [6.07, 6.45) is 1.85. The van der Waals surface area contributed by atoms with E-state index < -0.39 is 0 Å². The van der Waals surface area contributed by atoms with Gasteiger partial charge in [-0.15, -0.1) is 0 Å². The van der Waals surface area contributed by atoms with E-state index in [0.29, 0.717) is 0 Å². The predicted octanol–water partition coefficient (Wildman–Crippen LogP) is 9.85. The summed E-state index contributed by atoms with van der Waals surface area (Å²) < 4.78 is 0. The summed E-state index contributed by atoms with van der Waals surface area (Å²) in [5.74, 6) is 0. The minimum Gasteiger partial charge on any atom is -0.256 e. The molecule has 1 aromatic heterocycles. The zero-order valence-electron chi connectivity index (χ0n) is 20.6. The second-order valence-electron chi connectivity index (χ2n) is 9.70. The van der Waals surface area contributed by atoms with Gasteiger partial charge in [0, 0.05) is 11.8 Å². The van der Waals surface area contributed by atoms with Crippen molar-refractivity contribution in [2.24, 2.45) is 0 Å². The Kier molecular flexibility index (Phi) is 5.08. The third-order valence-corrected chi connectivity index (χ3v) is 7.33. The van der Waals surface area contributed by atoms with Crippen LogP contribution in [0.3, 0.4) is 0 Å². The maximum atomic E-state index is 4.59. The number of fused-ring (bicyclic) bond motifs is 3. The summed E-state index contributed by atoms with van der Waals surface area (Å²) in [6, 6.07) is 46.0. The number of nitrogens with zero attached hydrogens (tertiary/aromatic N) is 1. The molecule has 6 aromatic carbocycles. The van der Waals surface area contributed by atoms with E-state index in [4.69, 9.17) is 0 Å². The van der Waals surface area contributed by atoms with Crippen molar-refractivity contribution in [2.75, 3.05) is 0 Å². The Hall–Kier alpha value is -4.75. The molecular formula is C36H25N. The van der Waals surface area contributed by atoms with E-state index in [1.54, 1.807) is 0 Å². The molecule has 7 aromatic rings. The van der Waals surface area contributed by atoms with Crippen molar-refractivity contribution in [1.82, 2.24) is 4.98 Å². The van der Waals surface area contributed by atoms with Crippen molar-refractivity contribution in [2.45, 2.75) is 6.92 Å². The Morgan fingerprint density at radius 1 is 0.432 bits per heavy atom. The van der Waals surface area contributed by atoms with Crippen molar-refractivity contribution in [1.29, 1.82) is 0 Å². The van der Waals surface area contributed by atoms with Gasteiger partial charge < -0.3 is 0 Å². The molecule has 1 heteroatoms. The van der Waals surface area contributed by atoms with E-state index in [1.165, 1.54) is 60.1 Å². The standard InChI is InChI=1S/C36H25N/c1-24-16-17-25-18-19-28(23-29(25)21-24)36-32-13-4-2-11-30(32)35(31-12-3-5-14-33(31)36)27-10-8-9-26(22-27)34-15-6-7-20-37-34/h2-23H,1H3. The second kappa shape index (κ2) is 8.72. The predicted molar refractivity (Wildman–Crippen MR) is 158 cm³/mol. The molecule has 0 unspecified atom stereocenters. The number of aromatic nitrogens is 1. The quantitative estimate of drug-likeness (QED) is 0.234. The molecule has 0 aliphatic rings. The smallest absolute Gasteiger partial charge is 0.0702 e. The number of hydrogen-bond donors (Lipinski definition) is 0. The maximum absolute atomic E-state index is 4.59. The molecule has 0 radical (unpaired) electrons. The molecule has 0 bridgehead atoms. The third-order valence-electron chi connectivity index (χ3n) is 7.33. The molecule has 7 rings (SSSR count). The lowest BCUT2D eigenvalue weighted by Crippen LogP contribution is -1.91. The number of rotatable bonds is 3. The van der Waals surface area contributed by atoms with Crippen molar-refractivity contribution >= 4 is 32.3 Å². The van der Waals surface area contributed by atoms with Crippen LogP contribution in [0.2, 0.25) is 0 Å². The van der Waals surface area contributed by atoms with Crippen molar-refractivity contribution in [3.8, 4) is 33.5 Å². The van der Waals surface area contributed by atoms with Crippen LogP contribution >= 0.6 is 0 Å². The summed E-state index contributed by atoms with van der Waals surface area (Å²) in [6.45, 7) is 2.16. The topological polar surface area (TPSA) is 12.9 Å². The average molecular weight is 472 g/mol. The van der Waals surface area contributed by atoms with Gasteiger partial charge in [-0.1, -0.05) is 109 Å². The Morgan fingerprint density at radius 2 is 1.03 bits per heavy atom. The molecule has 0 aliphatic carbocycles. The summed E-state index contributed by atoms with van der Waals surface area (Å²) in [5.41, 5.74) is 8.41. The first-order valence-corrected chi connectivity index (χ1v) is 12.7. The summed E-state index contributed by atoms with van der Waals surface area (Å²) in [7, 11) is 0. The molecule has 1 nitrogen and oxygen atoms in total. The highest BCUT2D eigenvalue weighted by atomic mass is 14.7. The van der Waals surface area contributed by atoms with Crippen LogP contribution in [-0.2, 0) is 0 Å². The van der Waals surface area contributed by atoms with E-state index in [-0.39, 0.29) is 0 Å². The molecule has 0 aliphatic heterocycles. The van der Waals surface area contributed by atoms with E-state index in [9.17, 15) is 0 Å². The fourth-order valence-electron chi connectivity index (χ4n) is 5.64. The van der Waals surface area contributed by atoms with Crippen LogP contribution in [0.15, 0.2) is 134 Å². The van der Waals surface area contributed by atoms with Crippen molar-refractivity contribution in [3.05, 3.63) is 139 Å². The molecule has 0 saturated heterocycles. The Balaban J connectivity index is 1.55. The Bertz CT molecular complexity index is 1880. The molecule has 1 heterocycles. The molecule has 174 valence electrons. The van der Waals surface area contributed by atoms with Gasteiger partial charge in [-0.05, 0) is 85.8 Å². The largest absolute Gasteiger partial charge is 0.256 e. The molecule has 0 saturated carbocycles. The minimum atomic E-state index is 0.987. The lowest BCUT2D eigenvalue weighted by Gasteiger charge is -2.18. The molecule has 0 N–H and O–H groups in total. The average Bonchev–Trinajstić information content (AvgIpc) is 2.96. The first kappa shape index (κ1) is 21.5. The second-order valence-corrected chi connectivity index (χ2v) is 9.70. The van der Waals surface area contributed by atoms with Crippen LogP contribution in [0.5, 0.6) is 0 Å². The Labute approximate surface area is 216 Å². The molecule has 0 spiro atoms. The lowest BCUT2D eigenvalue weighted by atomic mass is 9.85. The minimum absolute atomic E-state index is 0.987. The molecule has 0 fully saturated rings. The highest BCUT2D eigenvalue weighted by Crippen LogP contribution is 2.44. The van der Waals surface area contributed by atoms with Crippen LogP contribution in [0.25, 0.3) is 65.8 Å². The summed E-state index contributed by atoms with van der Waals surface area (Å²) in [4.78, 5) is 4.59. The van der Waals surface area contributed by atoms with Crippen LogP contribution < -0.4 is 0 Å². The zero-order chi connectivity index (χ0) is 24.8. The van der Waals surface area contributed by atoms with Gasteiger partial charge in [-0.25, -0.2) is 0 Å².